The number of amides is 4. The number of nitrogens with zero attached hydrogens (tertiary/aromatic N) is 13. The van der Waals surface area contributed by atoms with Gasteiger partial charge in [0, 0.05) is 147 Å². The number of aliphatic hydroxyl groups excluding tert-OH is 2. The predicted molar refractivity (Wildman–Crippen MR) is 511 cm³/mol. The maximum atomic E-state index is 14.9. The van der Waals surface area contributed by atoms with E-state index in [1.54, 1.807) is 52.4 Å². The van der Waals surface area contributed by atoms with Crippen molar-refractivity contribution in [3.05, 3.63) is 137 Å². The summed E-state index contributed by atoms with van der Waals surface area (Å²) in [6, 6.07) is 9.80. The van der Waals surface area contributed by atoms with E-state index in [2.05, 4.69) is 57.7 Å². The van der Waals surface area contributed by atoms with Gasteiger partial charge in [-0.3, -0.25) is 24.0 Å². The number of piperidine rings is 1. The number of fused-ring (bicyclic) bond motifs is 6. The monoisotopic (exact) mass is 1910 g/mol. The Morgan fingerprint density at radius 3 is 2.12 bits per heavy atom. The number of aliphatic hydroxyl groups is 3. The van der Waals surface area contributed by atoms with Gasteiger partial charge in [0.15, 0.2) is 17.0 Å². The summed E-state index contributed by atoms with van der Waals surface area (Å²) in [5.74, 6) is -7.35. The minimum absolute atomic E-state index is 0.0193. The summed E-state index contributed by atoms with van der Waals surface area (Å²) in [6.45, 7) is 17.1. The summed E-state index contributed by atoms with van der Waals surface area (Å²) in [5.41, 5.74) is 34.1. The van der Waals surface area contributed by atoms with Crippen molar-refractivity contribution in [1.82, 2.24) is 65.1 Å². The average Bonchev–Trinajstić information content (AvgIpc) is 1.30. The van der Waals surface area contributed by atoms with Crippen LogP contribution in [0.3, 0.4) is 0 Å². The molecule has 16 atom stereocenters. The SMILES string of the molecule is CO[C@H]1C[C@@H]2CC[C@@H](C)[C@@](O)(O2)C(=O)C(=O)N2CCCC[C@H]2C(=O)O[C@H]([C@H](N)C[C@@H]2CC[C@@H](OC(=O)NCc3cnc(N4CCN(c5ncc(C(=O)NCCOCCOCCOCCOCCC(=O)N6CCc7cc(Cn8nc(-c9ccc%10oc(N)nc%10c9)c9c(N)ncnc98)ccc7C6)c(N)n5)CC4)nc3)[C@H](OC)C2)C[C@@H](OC)[C@H](C)/C=C(\C)[C@@H](O)[C@@H](O)C(=O)[C@H](C)C[C@H](C)/C=C/C=CC=C1C. The fourth-order valence-electron chi connectivity index (χ4n) is 18.9. The number of ether oxygens (including phenoxy) is 10. The van der Waals surface area contributed by atoms with Crippen LogP contribution in [0.4, 0.5) is 34.3 Å². The number of hydrogen-bond donors (Lipinski definition) is 9. The Morgan fingerprint density at radius 1 is 0.674 bits per heavy atom. The summed E-state index contributed by atoms with van der Waals surface area (Å²) in [7, 11) is 4.59. The molecule has 13 N–H and O–H groups in total. The number of oxazole rings is 1. The third-order valence-corrected chi connectivity index (χ3v) is 27.0. The molecule has 138 heavy (non-hydrogen) atoms. The first-order valence-electron chi connectivity index (χ1n) is 47.9. The van der Waals surface area contributed by atoms with Crippen LogP contribution in [-0.4, -0.2) is 298 Å². The zero-order valence-corrected chi connectivity index (χ0v) is 80.3. The number of cyclic esters (lactones) is 1. The van der Waals surface area contributed by atoms with Gasteiger partial charge in [-0.1, -0.05) is 82.4 Å². The number of aromatic nitrogens is 9. The minimum atomic E-state index is -2.50. The molecule has 2 aromatic carbocycles. The topological polar surface area (TPSA) is 535 Å². The normalized spacial score (nSPS) is 26.3. The number of nitrogen functional groups attached to an aromatic ring is 3. The van der Waals surface area contributed by atoms with Gasteiger partial charge in [-0.05, 0) is 142 Å². The summed E-state index contributed by atoms with van der Waals surface area (Å²) in [4.78, 5) is 136. The highest BCUT2D eigenvalue weighted by Gasteiger charge is 2.54. The fraction of sp³-hybridized carbons (Fsp3) is 0.582. The van der Waals surface area contributed by atoms with Gasteiger partial charge in [0.05, 0.1) is 101 Å². The van der Waals surface area contributed by atoms with Crippen LogP contribution < -0.4 is 43.4 Å². The number of carbonyl (C=O) groups is 7. The number of methoxy groups -OCH3 is 3. The number of allylic oxidation sites excluding steroid dienone is 5. The smallest absolute Gasteiger partial charge is 0.407 e. The van der Waals surface area contributed by atoms with Crippen molar-refractivity contribution in [1.29, 1.82) is 0 Å². The Hall–Kier alpha value is -11.4. The molecule has 2 bridgehead atoms. The lowest BCUT2D eigenvalue weighted by Gasteiger charge is -2.43. The van der Waals surface area contributed by atoms with Crippen molar-refractivity contribution in [2.24, 2.45) is 35.3 Å². The molecule has 1 saturated carbocycles. The molecule has 40 heteroatoms. The van der Waals surface area contributed by atoms with Gasteiger partial charge >= 0.3 is 12.1 Å². The Morgan fingerprint density at radius 2 is 1.39 bits per heavy atom. The Labute approximate surface area is 803 Å². The van der Waals surface area contributed by atoms with Crippen LogP contribution in [-0.2, 0) is 97.4 Å². The van der Waals surface area contributed by atoms with Gasteiger partial charge in [-0.15, -0.1) is 0 Å². The van der Waals surface area contributed by atoms with Gasteiger partial charge in [0.25, 0.3) is 23.6 Å². The van der Waals surface area contributed by atoms with Crippen LogP contribution in [0.5, 0.6) is 0 Å². The molecule has 0 radical (unpaired) electrons. The largest absolute Gasteiger partial charge is 0.459 e. The third-order valence-electron chi connectivity index (χ3n) is 27.0. The number of piperazine rings is 1. The summed E-state index contributed by atoms with van der Waals surface area (Å²) in [6.07, 6.45) is 14.5. The molecule has 5 aromatic heterocycles. The maximum absolute atomic E-state index is 14.9. The van der Waals surface area contributed by atoms with E-state index in [0.29, 0.717) is 206 Å². The minimum Gasteiger partial charge on any atom is -0.459 e. The van der Waals surface area contributed by atoms with Crippen molar-refractivity contribution in [2.45, 2.75) is 218 Å². The van der Waals surface area contributed by atoms with Gasteiger partial charge < -0.3 is 120 Å². The highest BCUT2D eigenvalue weighted by Crippen LogP contribution is 2.40. The quantitative estimate of drug-likeness (QED) is 0.00945. The molecule has 0 unspecified atom stereocenters. The number of hydrogen-bond acceptors (Lipinski definition) is 35. The fourth-order valence-corrected chi connectivity index (χ4v) is 18.9. The molecule has 40 nitrogen and oxygen atoms in total. The highest BCUT2D eigenvalue weighted by atomic mass is 16.6. The average molecular weight is 1920 g/mol. The van der Waals surface area contributed by atoms with Crippen LogP contribution in [0.2, 0.25) is 0 Å². The molecule has 6 aliphatic rings. The van der Waals surface area contributed by atoms with Gasteiger partial charge in [-0.25, -0.2) is 39.2 Å². The van der Waals surface area contributed by atoms with E-state index in [-0.39, 0.29) is 93.7 Å². The molecule has 3 saturated heterocycles. The number of esters is 1. The van der Waals surface area contributed by atoms with Crippen molar-refractivity contribution in [3.8, 4) is 11.3 Å². The summed E-state index contributed by atoms with van der Waals surface area (Å²) >= 11 is 0. The van der Waals surface area contributed by atoms with Crippen LogP contribution in [0.15, 0.2) is 113 Å². The number of benzene rings is 2. The van der Waals surface area contributed by atoms with Gasteiger partial charge in [0.1, 0.15) is 59.6 Å². The van der Waals surface area contributed by atoms with Crippen LogP contribution >= 0.6 is 0 Å². The Balaban J connectivity index is 0.498. The zero-order valence-electron chi connectivity index (χ0n) is 80.3. The van der Waals surface area contributed by atoms with Crippen LogP contribution in [0.25, 0.3) is 33.4 Å². The maximum Gasteiger partial charge on any atom is 0.407 e. The Kier molecular flexibility index (Phi) is 37.2. The number of nitrogens with one attached hydrogen (secondary N) is 2. The van der Waals surface area contributed by atoms with Crippen LogP contribution in [0.1, 0.15) is 158 Å². The van der Waals surface area contributed by atoms with E-state index in [1.807, 2.05) is 88.7 Å². The molecule has 13 rings (SSSR count). The highest BCUT2D eigenvalue weighted by molar-refractivity contribution is 6.39. The first-order valence-corrected chi connectivity index (χ1v) is 47.9. The van der Waals surface area contributed by atoms with E-state index in [9.17, 15) is 48.9 Å². The first-order chi connectivity index (χ1) is 66.5. The number of nitrogens with two attached hydrogens (primary N) is 4. The lowest BCUT2D eigenvalue weighted by molar-refractivity contribution is -0.265. The summed E-state index contributed by atoms with van der Waals surface area (Å²) in [5, 5.41) is 46.2. The van der Waals surface area contributed by atoms with Gasteiger partial charge in [-0.2, -0.15) is 15.1 Å². The third kappa shape index (κ3) is 27.0. The second-order valence-electron chi connectivity index (χ2n) is 36.9. The number of Topliss-reactive ketones (excluding diaryl/α,β-unsaturated/α-hetero) is 2. The van der Waals surface area contributed by atoms with Crippen molar-refractivity contribution in [2.75, 3.05) is 147 Å². The van der Waals surface area contributed by atoms with Crippen molar-refractivity contribution < 1.29 is 101 Å². The van der Waals surface area contributed by atoms with Crippen molar-refractivity contribution in [3.63, 3.8) is 0 Å². The number of alkyl carbamates (subject to hydrolysis) is 1. The molecule has 748 valence electrons. The van der Waals surface area contributed by atoms with Gasteiger partial charge in [0.2, 0.25) is 23.6 Å². The Bertz CT molecular complexity index is 5440. The molecule has 7 aromatic rings. The molecule has 1 aliphatic carbocycles. The van der Waals surface area contributed by atoms with E-state index in [4.69, 9.17) is 79.8 Å². The van der Waals surface area contributed by atoms with Crippen LogP contribution in [0, 0.1) is 29.6 Å². The number of anilines is 5. The van der Waals surface area contributed by atoms with E-state index in [0.717, 1.165) is 22.3 Å². The van der Waals surface area contributed by atoms with E-state index < -0.39 is 120 Å². The van der Waals surface area contributed by atoms with Crippen molar-refractivity contribution >= 4 is 93.0 Å². The number of ketones is 2. The molecule has 0 spiro atoms. The molecule has 4 amide bonds. The predicted octanol–water partition coefficient (Wildman–Crippen LogP) is 7.02. The first kappa shape index (κ1) is 104. The second kappa shape index (κ2) is 49.4. The molecule has 4 fully saturated rings. The molecular formula is C98H135N19O21. The second-order valence-corrected chi connectivity index (χ2v) is 36.9. The molecular weight excluding hydrogens is 1780 g/mol. The van der Waals surface area contributed by atoms with E-state index >= 15 is 0 Å². The zero-order chi connectivity index (χ0) is 98.3. The molecule has 5 aliphatic heterocycles. The lowest BCUT2D eigenvalue weighted by atomic mass is 9.80. The van der Waals surface area contributed by atoms with E-state index in [1.165, 1.54) is 37.2 Å². The number of carbonyl (C=O) groups excluding carboxylic acids is 7. The number of rotatable bonds is 30. The standard InChI is InChI=1S/C98H135N19O21/c1-58-15-11-10-12-16-59(2)77(128-7)49-70-23-18-63(6)98(127,138-70)87(122)92(124)116-29-14-13-17-74(116)93(125)135-79(50-78(129-8)60(3)44-62(5)85(120)86(121)84(119)61(4)43-58)72(99)46-64-20-24-76(80(47-64)130-9)137-97(126)107-53-66-51-104-95(105-52-66)113-31-33-114(34-32-113)96-106-54-71(88(100)111-96)91(123)103-28-36-132-38-40-134-42-41-133-39-37-131-35-27-81(118)115-30-26-67-45-65(19-21-69(67)56-115)55-117-90-82(89(101)108-57-109-90)83(112-117)68-22-25-75-73(48-68)110-94(102)136-75/h10-12,15-16,19,21-22,25,44-45,48,51-52,54,57-58,60-61,63-64,70,72,74,76-80,85-86,120-121,127H,13-14,17-18,20,23-24,26-43,46-47,49-50,53,55-56,99H2,1-9H3,(H2,102,110)(H,103,123)(H,107,126)(H2,100,106,111)(H2,101,108,109)/b12-10?,15-11+,59-16?,62-44+/t58-,60-,61-,63-,64+,70+,72-,74+,76-,77+,78-,79+,80-,85-,86+,98-/m1/s1. The summed E-state index contributed by atoms with van der Waals surface area (Å²) < 4.78 is 66.6. The molecule has 10 heterocycles. The lowest BCUT2D eigenvalue weighted by Crippen LogP contribution is -2.61.